The van der Waals surface area contributed by atoms with Gasteiger partial charge in [-0.1, -0.05) is 12.1 Å². The van der Waals surface area contributed by atoms with Crippen LogP contribution in [0.5, 0.6) is 0 Å². The molecule has 2 fully saturated rings. The van der Waals surface area contributed by atoms with Crippen LogP contribution in [0.25, 0.3) is 11.2 Å². The molecule has 0 N–H and O–H groups in total. The molecule has 0 saturated carbocycles. The highest BCUT2D eigenvalue weighted by Gasteiger charge is 2.33. The van der Waals surface area contributed by atoms with E-state index in [2.05, 4.69) is 46.9 Å². The Morgan fingerprint density at radius 1 is 1.03 bits per heavy atom. The van der Waals surface area contributed by atoms with Gasteiger partial charge >= 0.3 is 0 Å². The first kappa shape index (κ1) is 23.3. The number of carbonyl (C=O) groups excluding carboxylic acids is 1. The first-order chi connectivity index (χ1) is 17.0. The highest BCUT2D eigenvalue weighted by Crippen LogP contribution is 2.26. The van der Waals surface area contributed by atoms with Gasteiger partial charge in [0.1, 0.15) is 5.52 Å². The van der Waals surface area contributed by atoms with Gasteiger partial charge in [-0.3, -0.25) is 14.2 Å². The average Bonchev–Trinajstić information content (AvgIpc) is 2.90. The maximum atomic E-state index is 13.5. The Kier molecular flexibility index (Phi) is 6.45. The predicted molar refractivity (Wildman–Crippen MR) is 139 cm³/mol. The van der Waals surface area contributed by atoms with Crippen LogP contribution >= 0.6 is 0 Å². The Labute approximate surface area is 206 Å². The summed E-state index contributed by atoms with van der Waals surface area (Å²) in [5.41, 5.74) is 5.06. The van der Waals surface area contributed by atoms with Crippen molar-refractivity contribution >= 4 is 28.6 Å². The molecule has 0 spiro atoms. The molecule has 184 valence electrons. The van der Waals surface area contributed by atoms with Crippen molar-refractivity contribution in [3.8, 4) is 0 Å². The van der Waals surface area contributed by atoms with Crippen molar-refractivity contribution in [2.45, 2.75) is 40.2 Å². The van der Waals surface area contributed by atoms with Crippen molar-refractivity contribution in [2.24, 2.45) is 5.92 Å². The minimum atomic E-state index is -0.131. The second-order valence-electron chi connectivity index (χ2n) is 9.65. The molecule has 2 saturated heterocycles. The summed E-state index contributed by atoms with van der Waals surface area (Å²) in [4.78, 5) is 42.2. The molecular weight excluding hydrogens is 440 g/mol. The Bertz CT molecular complexity index is 1290. The summed E-state index contributed by atoms with van der Waals surface area (Å²) >= 11 is 0. The van der Waals surface area contributed by atoms with Gasteiger partial charge in [0.15, 0.2) is 11.5 Å². The van der Waals surface area contributed by atoms with Crippen LogP contribution in [0.4, 0.5) is 11.5 Å². The van der Waals surface area contributed by atoms with Gasteiger partial charge in [-0.05, 0) is 62.9 Å². The maximum Gasteiger partial charge on any atom is 0.295 e. The quantitative estimate of drug-likeness (QED) is 0.579. The zero-order chi connectivity index (χ0) is 24.5. The number of aryl methyl sites for hydroxylation is 2. The topological polar surface area (TPSA) is 74.6 Å². The number of fused-ring (bicyclic) bond motifs is 1. The zero-order valence-corrected chi connectivity index (χ0v) is 20.9. The number of hydrogen-bond donors (Lipinski definition) is 0. The average molecular weight is 475 g/mol. The Balaban J connectivity index is 1.29. The van der Waals surface area contributed by atoms with E-state index in [1.807, 2.05) is 28.9 Å². The maximum absolute atomic E-state index is 13.5. The summed E-state index contributed by atoms with van der Waals surface area (Å²) < 4.78 is 1.68. The highest BCUT2D eigenvalue weighted by atomic mass is 16.2. The van der Waals surface area contributed by atoms with Crippen molar-refractivity contribution < 1.29 is 4.79 Å². The minimum Gasteiger partial charge on any atom is -0.368 e. The van der Waals surface area contributed by atoms with E-state index < -0.39 is 0 Å². The normalized spacial score (nSPS) is 18.8. The van der Waals surface area contributed by atoms with Gasteiger partial charge in [0.25, 0.3) is 5.56 Å². The van der Waals surface area contributed by atoms with Gasteiger partial charge in [0.05, 0.1) is 5.92 Å². The molecule has 2 aromatic heterocycles. The minimum absolute atomic E-state index is 0.114. The van der Waals surface area contributed by atoms with Crippen LogP contribution in [0.3, 0.4) is 0 Å². The summed E-state index contributed by atoms with van der Waals surface area (Å²) in [6, 6.07) is 10.1. The molecule has 3 aromatic rings. The SMILES string of the molecule is CCn1c(=O)c(N2CCC[C@H](C(=O)N3CCN(c4cccc(C)c4C)CC3)C2)nc2cccnc21. The summed E-state index contributed by atoms with van der Waals surface area (Å²) in [6.45, 7) is 11.2. The lowest BCUT2D eigenvalue weighted by atomic mass is 9.96. The second-order valence-corrected chi connectivity index (χ2v) is 9.65. The van der Waals surface area contributed by atoms with Crippen molar-refractivity contribution in [1.29, 1.82) is 0 Å². The third kappa shape index (κ3) is 4.37. The molecule has 1 amide bonds. The van der Waals surface area contributed by atoms with E-state index in [1.165, 1.54) is 16.8 Å². The molecule has 5 rings (SSSR count). The summed E-state index contributed by atoms with van der Waals surface area (Å²) in [7, 11) is 0. The van der Waals surface area contributed by atoms with Gasteiger partial charge in [0.2, 0.25) is 5.91 Å². The molecule has 35 heavy (non-hydrogen) atoms. The lowest BCUT2D eigenvalue weighted by Gasteiger charge is -2.40. The van der Waals surface area contributed by atoms with E-state index in [1.54, 1.807) is 10.8 Å². The third-order valence-electron chi connectivity index (χ3n) is 7.58. The van der Waals surface area contributed by atoms with E-state index in [0.29, 0.717) is 30.1 Å². The van der Waals surface area contributed by atoms with Crippen molar-refractivity contribution in [1.82, 2.24) is 19.4 Å². The molecule has 2 aliphatic rings. The predicted octanol–water partition coefficient (Wildman–Crippen LogP) is 2.99. The number of pyridine rings is 1. The van der Waals surface area contributed by atoms with E-state index in [-0.39, 0.29) is 17.4 Å². The zero-order valence-electron chi connectivity index (χ0n) is 20.9. The molecule has 0 radical (unpaired) electrons. The number of piperazine rings is 1. The molecule has 4 heterocycles. The molecule has 8 nitrogen and oxygen atoms in total. The van der Waals surface area contributed by atoms with E-state index in [9.17, 15) is 9.59 Å². The largest absolute Gasteiger partial charge is 0.368 e. The number of anilines is 2. The third-order valence-corrected chi connectivity index (χ3v) is 7.58. The second kappa shape index (κ2) is 9.68. The van der Waals surface area contributed by atoms with E-state index in [4.69, 9.17) is 0 Å². The van der Waals surface area contributed by atoms with Crippen molar-refractivity contribution in [3.63, 3.8) is 0 Å². The van der Waals surface area contributed by atoms with Crippen LogP contribution in [-0.4, -0.2) is 64.6 Å². The lowest BCUT2D eigenvalue weighted by molar-refractivity contribution is -0.136. The Morgan fingerprint density at radius 3 is 2.60 bits per heavy atom. The van der Waals surface area contributed by atoms with Gasteiger partial charge in [0, 0.05) is 57.7 Å². The fraction of sp³-hybridized carbons (Fsp3) is 0.481. The van der Waals surface area contributed by atoms with Crippen LogP contribution in [0.15, 0.2) is 41.3 Å². The van der Waals surface area contributed by atoms with Crippen LogP contribution in [0.1, 0.15) is 30.9 Å². The first-order valence-corrected chi connectivity index (χ1v) is 12.7. The molecule has 0 unspecified atom stereocenters. The van der Waals surface area contributed by atoms with Crippen molar-refractivity contribution in [3.05, 3.63) is 58.0 Å². The Morgan fingerprint density at radius 2 is 1.83 bits per heavy atom. The number of carbonyl (C=O) groups is 1. The standard InChI is InChI=1S/C27H34N6O2/c1-4-33-24-22(10-6-12-28-24)29-25(27(33)35)32-13-7-9-21(18-32)26(34)31-16-14-30(15-17-31)23-11-5-8-19(2)20(23)3/h5-6,8,10-12,21H,4,7,9,13-18H2,1-3H3/t21-/m0/s1. The van der Waals surface area contributed by atoms with E-state index in [0.717, 1.165) is 45.6 Å². The summed E-state index contributed by atoms with van der Waals surface area (Å²) in [5.74, 6) is 0.523. The number of piperidine rings is 1. The van der Waals surface area contributed by atoms with Gasteiger partial charge in [-0.2, -0.15) is 0 Å². The number of rotatable bonds is 4. The number of hydrogen-bond acceptors (Lipinski definition) is 6. The summed E-state index contributed by atoms with van der Waals surface area (Å²) in [6.07, 6.45) is 3.41. The molecule has 1 atom stereocenters. The molecule has 0 aliphatic carbocycles. The Hall–Kier alpha value is -3.42. The molecular formula is C27H34N6O2. The van der Waals surface area contributed by atoms with Crippen LogP contribution in [-0.2, 0) is 11.3 Å². The number of benzene rings is 1. The monoisotopic (exact) mass is 474 g/mol. The number of nitrogens with zero attached hydrogens (tertiary/aromatic N) is 6. The van der Waals surface area contributed by atoms with E-state index >= 15 is 0 Å². The molecule has 0 bridgehead atoms. The van der Waals surface area contributed by atoms with Gasteiger partial charge in [-0.15, -0.1) is 0 Å². The smallest absolute Gasteiger partial charge is 0.295 e. The van der Waals surface area contributed by atoms with Crippen LogP contribution in [0, 0.1) is 19.8 Å². The highest BCUT2D eigenvalue weighted by molar-refractivity contribution is 5.80. The summed E-state index contributed by atoms with van der Waals surface area (Å²) in [5, 5.41) is 0. The fourth-order valence-corrected chi connectivity index (χ4v) is 5.44. The van der Waals surface area contributed by atoms with Crippen molar-refractivity contribution in [2.75, 3.05) is 49.1 Å². The number of aromatic nitrogens is 3. The van der Waals surface area contributed by atoms with Gasteiger partial charge in [-0.25, -0.2) is 9.97 Å². The first-order valence-electron chi connectivity index (χ1n) is 12.7. The van der Waals surface area contributed by atoms with Crippen LogP contribution < -0.4 is 15.4 Å². The molecule has 2 aliphatic heterocycles. The molecule has 1 aromatic carbocycles. The van der Waals surface area contributed by atoms with Crippen LogP contribution in [0.2, 0.25) is 0 Å². The number of amides is 1. The lowest BCUT2D eigenvalue weighted by Crippen LogP contribution is -2.53. The molecule has 8 heteroatoms. The van der Waals surface area contributed by atoms with Gasteiger partial charge < -0.3 is 14.7 Å². The fourth-order valence-electron chi connectivity index (χ4n) is 5.44.